The average molecular weight is 225 g/mol. The Balaban J connectivity index is 2.31. The highest BCUT2D eigenvalue weighted by Crippen LogP contribution is 2.17. The van der Waals surface area contributed by atoms with E-state index >= 15 is 0 Å². The van der Waals surface area contributed by atoms with E-state index in [1.54, 1.807) is 7.11 Å². The van der Waals surface area contributed by atoms with Crippen molar-refractivity contribution in [2.45, 2.75) is 25.1 Å². The van der Waals surface area contributed by atoms with Crippen LogP contribution < -0.4 is 10.5 Å². The normalized spacial score (nSPS) is 12.5. The van der Waals surface area contributed by atoms with Gasteiger partial charge in [0.15, 0.2) is 0 Å². The first-order valence-electron chi connectivity index (χ1n) is 5.22. The van der Waals surface area contributed by atoms with Gasteiger partial charge in [-0.1, -0.05) is 19.1 Å². The number of benzene rings is 1. The van der Waals surface area contributed by atoms with Crippen molar-refractivity contribution in [1.82, 2.24) is 0 Å². The molecule has 1 aromatic rings. The largest absolute Gasteiger partial charge is 0.497 e. The third kappa shape index (κ3) is 4.58. The number of rotatable bonds is 6. The minimum absolute atomic E-state index is 0.327. The Morgan fingerprint density at radius 2 is 2.00 bits per heavy atom. The SMILES string of the molecule is CCC(N)CSCc1ccc(OC)cc1. The first-order valence-corrected chi connectivity index (χ1v) is 6.38. The predicted molar refractivity (Wildman–Crippen MR) is 67.4 cm³/mol. The molecule has 15 heavy (non-hydrogen) atoms. The van der Waals surface area contributed by atoms with Gasteiger partial charge in [-0.05, 0) is 24.1 Å². The third-order valence-electron chi connectivity index (χ3n) is 2.28. The molecule has 2 nitrogen and oxygen atoms in total. The lowest BCUT2D eigenvalue weighted by Gasteiger charge is -2.08. The molecule has 84 valence electrons. The number of methoxy groups -OCH3 is 1. The molecule has 1 rings (SSSR count). The summed E-state index contributed by atoms with van der Waals surface area (Å²) < 4.78 is 5.10. The molecule has 1 aromatic carbocycles. The minimum atomic E-state index is 0.327. The van der Waals surface area contributed by atoms with E-state index in [1.165, 1.54) is 5.56 Å². The molecule has 0 fully saturated rings. The molecule has 3 heteroatoms. The number of nitrogens with two attached hydrogens (primary N) is 1. The summed E-state index contributed by atoms with van der Waals surface area (Å²) in [5.74, 6) is 2.97. The van der Waals surface area contributed by atoms with E-state index in [2.05, 4.69) is 19.1 Å². The second kappa shape index (κ2) is 6.75. The molecule has 1 unspecified atom stereocenters. The monoisotopic (exact) mass is 225 g/mol. The molecule has 0 saturated carbocycles. The fourth-order valence-corrected chi connectivity index (χ4v) is 2.25. The van der Waals surface area contributed by atoms with Crippen LogP contribution >= 0.6 is 11.8 Å². The van der Waals surface area contributed by atoms with E-state index in [0.717, 1.165) is 23.7 Å². The van der Waals surface area contributed by atoms with Crippen molar-refractivity contribution in [2.24, 2.45) is 5.73 Å². The van der Waals surface area contributed by atoms with Crippen LogP contribution in [0.1, 0.15) is 18.9 Å². The van der Waals surface area contributed by atoms with E-state index < -0.39 is 0 Å². The molecule has 0 aliphatic rings. The quantitative estimate of drug-likeness (QED) is 0.808. The molecule has 0 spiro atoms. The van der Waals surface area contributed by atoms with Crippen LogP contribution in [0.3, 0.4) is 0 Å². The summed E-state index contributed by atoms with van der Waals surface area (Å²) in [4.78, 5) is 0. The van der Waals surface area contributed by atoms with E-state index in [0.29, 0.717) is 6.04 Å². The van der Waals surface area contributed by atoms with Crippen LogP contribution in [0.4, 0.5) is 0 Å². The smallest absolute Gasteiger partial charge is 0.118 e. The van der Waals surface area contributed by atoms with Crippen LogP contribution in [0.25, 0.3) is 0 Å². The van der Waals surface area contributed by atoms with Gasteiger partial charge in [-0.3, -0.25) is 0 Å². The van der Waals surface area contributed by atoms with Crippen molar-refractivity contribution >= 4 is 11.8 Å². The minimum Gasteiger partial charge on any atom is -0.497 e. The first-order chi connectivity index (χ1) is 7.26. The van der Waals surface area contributed by atoms with E-state index in [1.807, 2.05) is 23.9 Å². The van der Waals surface area contributed by atoms with Gasteiger partial charge in [-0.25, -0.2) is 0 Å². The van der Waals surface area contributed by atoms with Crippen molar-refractivity contribution in [3.63, 3.8) is 0 Å². The van der Waals surface area contributed by atoms with Crippen LogP contribution in [0, 0.1) is 0 Å². The summed E-state index contributed by atoms with van der Waals surface area (Å²) in [6.45, 7) is 2.12. The van der Waals surface area contributed by atoms with Gasteiger partial charge in [0.1, 0.15) is 5.75 Å². The summed E-state index contributed by atoms with van der Waals surface area (Å²) in [5.41, 5.74) is 7.17. The molecular formula is C12H19NOS. The highest BCUT2D eigenvalue weighted by atomic mass is 32.2. The fourth-order valence-electron chi connectivity index (χ4n) is 1.17. The van der Waals surface area contributed by atoms with Gasteiger partial charge < -0.3 is 10.5 Å². The molecule has 0 radical (unpaired) electrons. The van der Waals surface area contributed by atoms with Crippen LogP contribution in [0.15, 0.2) is 24.3 Å². The molecular weight excluding hydrogens is 206 g/mol. The van der Waals surface area contributed by atoms with E-state index in [9.17, 15) is 0 Å². The summed E-state index contributed by atoms with van der Waals surface area (Å²) in [6.07, 6.45) is 1.05. The molecule has 2 N–H and O–H groups in total. The topological polar surface area (TPSA) is 35.2 Å². The lowest BCUT2D eigenvalue weighted by atomic mass is 10.2. The van der Waals surface area contributed by atoms with Gasteiger partial charge in [-0.15, -0.1) is 0 Å². The average Bonchev–Trinajstić information content (AvgIpc) is 2.29. The van der Waals surface area contributed by atoms with E-state index in [-0.39, 0.29) is 0 Å². The highest BCUT2D eigenvalue weighted by Gasteiger charge is 2.00. The Morgan fingerprint density at radius 1 is 1.33 bits per heavy atom. The molecule has 0 aliphatic heterocycles. The lowest BCUT2D eigenvalue weighted by Crippen LogP contribution is -2.21. The molecule has 0 aliphatic carbocycles. The fraction of sp³-hybridized carbons (Fsp3) is 0.500. The Hall–Kier alpha value is -0.670. The van der Waals surface area contributed by atoms with Crippen molar-refractivity contribution in [3.8, 4) is 5.75 Å². The number of hydrogen-bond acceptors (Lipinski definition) is 3. The Morgan fingerprint density at radius 3 is 2.53 bits per heavy atom. The van der Waals surface area contributed by atoms with Crippen LogP contribution in [-0.2, 0) is 5.75 Å². The maximum atomic E-state index is 5.84. The third-order valence-corrected chi connectivity index (χ3v) is 3.49. The number of ether oxygens (including phenoxy) is 1. The number of hydrogen-bond donors (Lipinski definition) is 1. The van der Waals surface area contributed by atoms with Crippen molar-refractivity contribution in [3.05, 3.63) is 29.8 Å². The number of thioether (sulfide) groups is 1. The zero-order valence-electron chi connectivity index (χ0n) is 9.40. The maximum absolute atomic E-state index is 5.84. The van der Waals surface area contributed by atoms with Crippen molar-refractivity contribution in [2.75, 3.05) is 12.9 Å². The Bertz CT molecular complexity index is 273. The van der Waals surface area contributed by atoms with Crippen LogP contribution in [-0.4, -0.2) is 18.9 Å². The van der Waals surface area contributed by atoms with Gasteiger partial charge in [-0.2, -0.15) is 11.8 Å². The Labute approximate surface area is 96.2 Å². The molecule has 0 aromatic heterocycles. The van der Waals surface area contributed by atoms with Crippen molar-refractivity contribution < 1.29 is 4.74 Å². The standard InChI is InChI=1S/C12H19NOS/c1-3-11(13)9-15-8-10-4-6-12(14-2)7-5-10/h4-7,11H,3,8-9,13H2,1-2H3. The summed E-state index contributed by atoms with van der Waals surface area (Å²) in [5, 5.41) is 0. The van der Waals surface area contributed by atoms with E-state index in [4.69, 9.17) is 10.5 Å². The molecule has 0 amide bonds. The molecule has 0 saturated heterocycles. The second-order valence-electron chi connectivity index (χ2n) is 3.53. The van der Waals surface area contributed by atoms with Gasteiger partial charge in [0.25, 0.3) is 0 Å². The summed E-state index contributed by atoms with van der Waals surface area (Å²) in [6, 6.07) is 8.52. The van der Waals surface area contributed by atoms with Gasteiger partial charge in [0, 0.05) is 17.5 Å². The van der Waals surface area contributed by atoms with Crippen LogP contribution in [0.5, 0.6) is 5.75 Å². The van der Waals surface area contributed by atoms with Gasteiger partial charge in [0.2, 0.25) is 0 Å². The summed E-state index contributed by atoms with van der Waals surface area (Å²) >= 11 is 1.89. The zero-order chi connectivity index (χ0) is 11.1. The second-order valence-corrected chi connectivity index (χ2v) is 4.56. The predicted octanol–water partition coefficient (Wildman–Crippen LogP) is 2.67. The molecule has 0 bridgehead atoms. The highest BCUT2D eigenvalue weighted by molar-refractivity contribution is 7.98. The summed E-state index contributed by atoms with van der Waals surface area (Å²) in [7, 11) is 1.68. The zero-order valence-corrected chi connectivity index (χ0v) is 10.2. The molecule has 0 heterocycles. The maximum Gasteiger partial charge on any atom is 0.118 e. The lowest BCUT2D eigenvalue weighted by molar-refractivity contribution is 0.414. The van der Waals surface area contributed by atoms with Gasteiger partial charge in [0.05, 0.1) is 7.11 Å². The van der Waals surface area contributed by atoms with Crippen molar-refractivity contribution in [1.29, 1.82) is 0 Å². The first kappa shape index (κ1) is 12.4. The molecule has 1 atom stereocenters. The van der Waals surface area contributed by atoms with Crippen LogP contribution in [0.2, 0.25) is 0 Å². The van der Waals surface area contributed by atoms with Gasteiger partial charge >= 0.3 is 0 Å². The Kier molecular flexibility index (Phi) is 5.58.